The fourth-order valence-electron chi connectivity index (χ4n) is 0.878. The van der Waals surface area contributed by atoms with Crippen LogP contribution < -0.4 is 0 Å². The van der Waals surface area contributed by atoms with E-state index in [-0.39, 0.29) is 12.8 Å². The van der Waals surface area contributed by atoms with Gasteiger partial charge in [-0.1, -0.05) is 5.57 Å². The molecule has 1 atom stereocenters. The average Bonchev–Trinajstić information content (AvgIpc) is 1.83. The molecule has 0 fully saturated rings. The minimum absolute atomic E-state index is 0.224. The molecule has 0 aromatic heterocycles. The van der Waals surface area contributed by atoms with Crippen LogP contribution in [0.15, 0.2) is 12.2 Å². The lowest BCUT2D eigenvalue weighted by Gasteiger charge is -2.08. The molecule has 0 saturated heterocycles. The van der Waals surface area contributed by atoms with Gasteiger partial charge in [-0.2, -0.15) is 0 Å². The predicted molar refractivity (Wildman–Crippen MR) is 42.8 cm³/mol. The molecule has 0 radical (unpaired) electrons. The van der Waals surface area contributed by atoms with Crippen LogP contribution in [0.1, 0.15) is 19.8 Å². The van der Waals surface area contributed by atoms with Crippen molar-refractivity contribution in [1.29, 1.82) is 0 Å². The van der Waals surface area contributed by atoms with Crippen LogP contribution in [0.5, 0.6) is 0 Å². The summed E-state index contributed by atoms with van der Waals surface area (Å²) in [5.74, 6) is -3.02. The van der Waals surface area contributed by atoms with Crippen LogP contribution in [-0.4, -0.2) is 22.2 Å². The van der Waals surface area contributed by atoms with E-state index in [9.17, 15) is 9.59 Å². The standard InChI is InChI=1S/C8H12O4/c1-5(2)3-6(8(11)12)4-7(9)10/h6H,1,3-4H2,2H3,(H,9,10)(H,11,12)/t6-/m0/s1. The third kappa shape index (κ3) is 4.49. The number of carbonyl (C=O) groups is 2. The number of allylic oxidation sites excluding steroid dienone is 1. The molecule has 0 aromatic carbocycles. The highest BCUT2D eigenvalue weighted by atomic mass is 16.4. The molecular weight excluding hydrogens is 160 g/mol. The molecule has 12 heavy (non-hydrogen) atoms. The second-order valence-corrected chi connectivity index (χ2v) is 2.79. The Balaban J connectivity index is 4.14. The fourth-order valence-corrected chi connectivity index (χ4v) is 0.878. The van der Waals surface area contributed by atoms with Gasteiger partial charge in [0, 0.05) is 0 Å². The van der Waals surface area contributed by atoms with Crippen molar-refractivity contribution in [2.75, 3.05) is 0 Å². The third-order valence-corrected chi connectivity index (χ3v) is 1.37. The number of hydrogen-bond donors (Lipinski definition) is 2. The number of carboxylic acids is 2. The molecule has 68 valence electrons. The van der Waals surface area contributed by atoms with E-state index in [1.54, 1.807) is 6.92 Å². The molecule has 0 aromatic rings. The minimum Gasteiger partial charge on any atom is -0.481 e. The molecule has 0 bridgehead atoms. The first-order valence-corrected chi connectivity index (χ1v) is 3.52. The Labute approximate surface area is 70.5 Å². The lowest BCUT2D eigenvalue weighted by atomic mass is 9.98. The Hall–Kier alpha value is -1.32. The summed E-state index contributed by atoms with van der Waals surface area (Å²) in [6.07, 6.45) is -0.121. The van der Waals surface area contributed by atoms with Crippen LogP contribution in [-0.2, 0) is 9.59 Å². The minimum atomic E-state index is -1.09. The summed E-state index contributed by atoms with van der Waals surface area (Å²) in [5.41, 5.74) is 0.684. The summed E-state index contributed by atoms with van der Waals surface area (Å²) in [4.78, 5) is 20.7. The molecule has 0 saturated carbocycles. The van der Waals surface area contributed by atoms with Crippen LogP contribution in [0.25, 0.3) is 0 Å². The Kier molecular flexibility index (Phi) is 4.04. The largest absolute Gasteiger partial charge is 0.481 e. The van der Waals surface area contributed by atoms with Crippen molar-refractivity contribution in [3.63, 3.8) is 0 Å². The number of carboxylic acid groups (broad SMARTS) is 2. The monoisotopic (exact) mass is 172 g/mol. The first-order valence-electron chi connectivity index (χ1n) is 3.52. The number of rotatable bonds is 5. The summed E-state index contributed by atoms with van der Waals surface area (Å²) in [5, 5.41) is 16.9. The van der Waals surface area contributed by atoms with Crippen LogP contribution in [0.4, 0.5) is 0 Å². The summed E-state index contributed by atoms with van der Waals surface area (Å²) in [6, 6.07) is 0. The highest BCUT2D eigenvalue weighted by Crippen LogP contribution is 2.13. The summed E-state index contributed by atoms with van der Waals surface area (Å²) < 4.78 is 0. The predicted octanol–water partition coefficient (Wildman–Crippen LogP) is 1.13. The van der Waals surface area contributed by atoms with Gasteiger partial charge in [0.05, 0.1) is 12.3 Å². The van der Waals surface area contributed by atoms with Gasteiger partial charge in [-0.3, -0.25) is 9.59 Å². The summed E-state index contributed by atoms with van der Waals surface area (Å²) >= 11 is 0. The van der Waals surface area contributed by atoms with E-state index < -0.39 is 17.9 Å². The maximum absolute atomic E-state index is 10.5. The lowest BCUT2D eigenvalue weighted by Crippen LogP contribution is -2.17. The molecule has 0 heterocycles. The Morgan fingerprint density at radius 2 is 1.83 bits per heavy atom. The van der Waals surface area contributed by atoms with E-state index in [0.29, 0.717) is 5.57 Å². The van der Waals surface area contributed by atoms with Gasteiger partial charge < -0.3 is 10.2 Å². The zero-order chi connectivity index (χ0) is 9.72. The normalized spacial score (nSPS) is 12.1. The molecular formula is C8H12O4. The van der Waals surface area contributed by atoms with Gasteiger partial charge in [0.15, 0.2) is 0 Å². The SMILES string of the molecule is C=C(C)C[C@@H](CC(=O)O)C(=O)O. The molecule has 0 aliphatic rings. The first kappa shape index (κ1) is 10.7. The van der Waals surface area contributed by atoms with Crippen molar-refractivity contribution < 1.29 is 19.8 Å². The van der Waals surface area contributed by atoms with Crippen molar-refractivity contribution in [2.24, 2.45) is 5.92 Å². The highest BCUT2D eigenvalue weighted by molar-refractivity contribution is 5.77. The quantitative estimate of drug-likeness (QED) is 0.609. The lowest BCUT2D eigenvalue weighted by molar-refractivity contribution is -0.148. The van der Waals surface area contributed by atoms with Gasteiger partial charge >= 0.3 is 11.9 Å². The Morgan fingerprint density at radius 1 is 1.33 bits per heavy atom. The molecule has 0 aliphatic carbocycles. The van der Waals surface area contributed by atoms with Crippen molar-refractivity contribution in [3.05, 3.63) is 12.2 Å². The molecule has 0 amide bonds. The van der Waals surface area contributed by atoms with Gasteiger partial charge in [-0.15, -0.1) is 6.58 Å². The molecule has 0 rings (SSSR count). The topological polar surface area (TPSA) is 74.6 Å². The van der Waals surface area contributed by atoms with Gasteiger partial charge in [0.2, 0.25) is 0 Å². The zero-order valence-electron chi connectivity index (χ0n) is 6.91. The van der Waals surface area contributed by atoms with Crippen LogP contribution >= 0.6 is 0 Å². The van der Waals surface area contributed by atoms with Gasteiger partial charge in [-0.25, -0.2) is 0 Å². The second kappa shape index (κ2) is 4.54. The molecule has 0 unspecified atom stereocenters. The summed E-state index contributed by atoms with van der Waals surface area (Å²) in [6.45, 7) is 5.21. The van der Waals surface area contributed by atoms with Crippen LogP contribution in [0.3, 0.4) is 0 Å². The first-order chi connectivity index (χ1) is 5.43. The van der Waals surface area contributed by atoms with E-state index in [4.69, 9.17) is 10.2 Å². The van der Waals surface area contributed by atoms with Crippen molar-refractivity contribution >= 4 is 11.9 Å². The molecule has 4 heteroatoms. The number of aliphatic carboxylic acids is 2. The smallest absolute Gasteiger partial charge is 0.307 e. The second-order valence-electron chi connectivity index (χ2n) is 2.79. The fraction of sp³-hybridized carbons (Fsp3) is 0.500. The van der Waals surface area contributed by atoms with E-state index >= 15 is 0 Å². The average molecular weight is 172 g/mol. The summed E-state index contributed by atoms with van der Waals surface area (Å²) in [7, 11) is 0. The Morgan fingerprint density at radius 3 is 2.08 bits per heavy atom. The third-order valence-electron chi connectivity index (χ3n) is 1.37. The van der Waals surface area contributed by atoms with E-state index in [1.807, 2.05) is 0 Å². The van der Waals surface area contributed by atoms with Crippen LogP contribution in [0, 0.1) is 5.92 Å². The van der Waals surface area contributed by atoms with Crippen molar-refractivity contribution in [2.45, 2.75) is 19.8 Å². The van der Waals surface area contributed by atoms with Gasteiger partial charge in [-0.05, 0) is 13.3 Å². The number of hydrogen-bond acceptors (Lipinski definition) is 2. The Bertz CT molecular complexity index is 191. The van der Waals surface area contributed by atoms with E-state index in [2.05, 4.69) is 6.58 Å². The highest BCUT2D eigenvalue weighted by Gasteiger charge is 2.20. The molecule has 0 spiro atoms. The van der Waals surface area contributed by atoms with Crippen molar-refractivity contribution in [3.8, 4) is 0 Å². The van der Waals surface area contributed by atoms with Crippen LogP contribution in [0.2, 0.25) is 0 Å². The zero-order valence-corrected chi connectivity index (χ0v) is 6.91. The molecule has 4 nitrogen and oxygen atoms in total. The van der Waals surface area contributed by atoms with E-state index in [0.717, 1.165) is 0 Å². The molecule has 2 N–H and O–H groups in total. The van der Waals surface area contributed by atoms with Crippen molar-refractivity contribution in [1.82, 2.24) is 0 Å². The van der Waals surface area contributed by atoms with E-state index in [1.165, 1.54) is 0 Å². The molecule has 0 aliphatic heterocycles. The van der Waals surface area contributed by atoms with Gasteiger partial charge in [0.1, 0.15) is 0 Å². The maximum atomic E-state index is 10.5. The maximum Gasteiger partial charge on any atom is 0.307 e. The van der Waals surface area contributed by atoms with Gasteiger partial charge in [0.25, 0.3) is 0 Å².